The largest absolute Gasteiger partial charge is 0.294 e. The van der Waals surface area contributed by atoms with Crippen LogP contribution in [0.25, 0.3) is 11.4 Å². The molecule has 0 N–H and O–H groups in total. The highest BCUT2D eigenvalue weighted by atomic mass is 16.1. The molecule has 0 aliphatic rings. The molecule has 4 heterocycles. The number of pyridine rings is 1. The summed E-state index contributed by atoms with van der Waals surface area (Å²) in [6.45, 7) is 2.30. The molecule has 0 radical (unpaired) electrons. The van der Waals surface area contributed by atoms with Crippen molar-refractivity contribution in [2.45, 2.75) is 19.9 Å². The van der Waals surface area contributed by atoms with Crippen LogP contribution in [-0.4, -0.2) is 50.9 Å². The predicted molar refractivity (Wildman–Crippen MR) is 122 cm³/mol. The quantitative estimate of drug-likeness (QED) is 0.263. The van der Waals surface area contributed by atoms with Gasteiger partial charge in [-0.05, 0) is 54.4 Å². The maximum absolute atomic E-state index is 13.3. The fourth-order valence-corrected chi connectivity index (χ4v) is 3.74. The van der Waals surface area contributed by atoms with Crippen LogP contribution in [0.1, 0.15) is 38.4 Å². The SMILES string of the molecule is Cc1c(C(=O)CC(=O)c2cc(Cn3cncn3)ccn2)cc(-n2cccn2)cc1-n1cccn1. The number of hydrogen-bond donors (Lipinski definition) is 0. The monoisotopic (exact) mass is 452 g/mol. The summed E-state index contributed by atoms with van der Waals surface area (Å²) in [6.07, 6.45) is 11.2. The summed E-state index contributed by atoms with van der Waals surface area (Å²) >= 11 is 0. The fraction of sp³-hybridized carbons (Fsp3) is 0.125. The summed E-state index contributed by atoms with van der Waals surface area (Å²) in [7, 11) is 0. The van der Waals surface area contributed by atoms with Crippen molar-refractivity contribution in [1.29, 1.82) is 0 Å². The zero-order chi connectivity index (χ0) is 23.5. The van der Waals surface area contributed by atoms with E-state index in [0.29, 0.717) is 17.8 Å². The molecule has 10 nitrogen and oxygen atoms in total. The molecule has 0 unspecified atom stereocenters. The Kier molecular flexibility index (Phi) is 5.61. The molecule has 0 bridgehead atoms. The van der Waals surface area contributed by atoms with E-state index in [0.717, 1.165) is 16.8 Å². The molecule has 168 valence electrons. The van der Waals surface area contributed by atoms with Crippen LogP contribution in [0.15, 0.2) is 80.0 Å². The molecule has 1 aromatic carbocycles. The van der Waals surface area contributed by atoms with Crippen LogP contribution in [0.2, 0.25) is 0 Å². The van der Waals surface area contributed by atoms with Gasteiger partial charge in [0.25, 0.3) is 0 Å². The summed E-state index contributed by atoms with van der Waals surface area (Å²) in [5.41, 5.74) is 3.68. The number of aromatic nitrogens is 8. The highest BCUT2D eigenvalue weighted by molar-refractivity contribution is 6.13. The molecular weight excluding hydrogens is 432 g/mol. The van der Waals surface area contributed by atoms with E-state index in [4.69, 9.17) is 0 Å². The van der Waals surface area contributed by atoms with E-state index in [1.807, 2.05) is 19.1 Å². The minimum Gasteiger partial charge on any atom is -0.294 e. The molecule has 0 saturated heterocycles. The standard InChI is InChI=1S/C24H20N8O2/c1-17-20(11-19(31-8-2-5-27-31)12-22(17)32-9-3-6-28-32)23(33)13-24(34)21-10-18(4-7-26-21)14-30-16-25-15-29-30/h2-12,15-16H,13-14H2,1H3. The average molecular weight is 452 g/mol. The van der Waals surface area contributed by atoms with Crippen LogP contribution >= 0.6 is 0 Å². The third-order valence-corrected chi connectivity index (χ3v) is 5.43. The molecule has 0 saturated carbocycles. The Morgan fingerprint density at radius 3 is 2.41 bits per heavy atom. The van der Waals surface area contributed by atoms with Crippen molar-refractivity contribution in [2.75, 3.05) is 0 Å². The van der Waals surface area contributed by atoms with Crippen molar-refractivity contribution in [3.8, 4) is 11.4 Å². The van der Waals surface area contributed by atoms with Crippen molar-refractivity contribution >= 4 is 11.6 Å². The second kappa shape index (κ2) is 9.02. The number of benzene rings is 1. The normalized spacial score (nSPS) is 11.0. The van der Waals surface area contributed by atoms with Gasteiger partial charge in [-0.25, -0.2) is 19.0 Å². The summed E-state index contributed by atoms with van der Waals surface area (Å²) in [5.74, 6) is -0.650. The zero-order valence-corrected chi connectivity index (χ0v) is 18.3. The van der Waals surface area contributed by atoms with Gasteiger partial charge in [-0.15, -0.1) is 0 Å². The molecule has 0 aliphatic carbocycles. The Bertz CT molecular complexity index is 1440. The molecule has 5 aromatic rings. The highest BCUT2D eigenvalue weighted by Gasteiger charge is 2.20. The van der Waals surface area contributed by atoms with Crippen molar-refractivity contribution in [3.63, 3.8) is 0 Å². The Balaban J connectivity index is 1.44. The molecule has 0 fully saturated rings. The Morgan fingerprint density at radius 2 is 1.71 bits per heavy atom. The lowest BCUT2D eigenvalue weighted by Crippen LogP contribution is -2.14. The van der Waals surface area contributed by atoms with E-state index >= 15 is 0 Å². The summed E-state index contributed by atoms with van der Waals surface area (Å²) in [5, 5.41) is 12.7. The maximum Gasteiger partial charge on any atom is 0.188 e. The van der Waals surface area contributed by atoms with Crippen LogP contribution in [0, 0.1) is 6.92 Å². The molecule has 0 amide bonds. The van der Waals surface area contributed by atoms with Gasteiger partial charge in [0.2, 0.25) is 0 Å². The van der Waals surface area contributed by atoms with Crippen molar-refractivity contribution in [1.82, 2.24) is 39.3 Å². The highest BCUT2D eigenvalue weighted by Crippen LogP contribution is 2.24. The second-order valence-electron chi connectivity index (χ2n) is 7.70. The van der Waals surface area contributed by atoms with Crippen LogP contribution in [0.4, 0.5) is 0 Å². The number of hydrogen-bond acceptors (Lipinski definition) is 7. The number of carbonyl (C=O) groups is 2. The Morgan fingerprint density at radius 1 is 0.912 bits per heavy atom. The van der Waals surface area contributed by atoms with Gasteiger partial charge in [-0.2, -0.15) is 15.3 Å². The summed E-state index contributed by atoms with van der Waals surface area (Å²) < 4.78 is 5.01. The van der Waals surface area contributed by atoms with Gasteiger partial charge >= 0.3 is 0 Å². The van der Waals surface area contributed by atoms with E-state index < -0.39 is 0 Å². The minimum absolute atomic E-state index is 0.235. The molecule has 0 spiro atoms. The number of Topliss-reactive ketones (excluding diaryl/α,β-unsaturated/α-hetero) is 2. The van der Waals surface area contributed by atoms with Gasteiger partial charge in [-0.3, -0.25) is 14.6 Å². The molecule has 4 aromatic heterocycles. The van der Waals surface area contributed by atoms with Crippen LogP contribution in [0.5, 0.6) is 0 Å². The lowest BCUT2D eigenvalue weighted by Gasteiger charge is -2.14. The molecule has 34 heavy (non-hydrogen) atoms. The predicted octanol–water partition coefficient (Wildman–Crippen LogP) is 2.86. The molecular formula is C24H20N8O2. The molecule has 0 aliphatic heterocycles. The molecule has 5 rings (SSSR count). The average Bonchev–Trinajstić information content (AvgIpc) is 3.63. The minimum atomic E-state index is -0.352. The topological polar surface area (TPSA) is 113 Å². The van der Waals surface area contributed by atoms with E-state index in [-0.39, 0.29) is 23.7 Å². The smallest absolute Gasteiger partial charge is 0.188 e. The third-order valence-electron chi connectivity index (χ3n) is 5.43. The van der Waals surface area contributed by atoms with Crippen molar-refractivity contribution in [3.05, 3.63) is 102 Å². The van der Waals surface area contributed by atoms with Gasteiger partial charge in [0.15, 0.2) is 11.6 Å². The maximum atomic E-state index is 13.3. The van der Waals surface area contributed by atoms with E-state index in [1.54, 1.807) is 75.6 Å². The van der Waals surface area contributed by atoms with Gasteiger partial charge in [-0.1, -0.05) is 0 Å². The number of ketones is 2. The first kappa shape index (κ1) is 21.1. The Labute approximate surface area is 194 Å². The van der Waals surface area contributed by atoms with Crippen LogP contribution in [-0.2, 0) is 6.54 Å². The second-order valence-corrected chi connectivity index (χ2v) is 7.70. The van der Waals surface area contributed by atoms with Gasteiger partial charge < -0.3 is 0 Å². The van der Waals surface area contributed by atoms with Crippen molar-refractivity contribution < 1.29 is 9.59 Å². The van der Waals surface area contributed by atoms with Crippen molar-refractivity contribution in [2.24, 2.45) is 0 Å². The van der Waals surface area contributed by atoms with Gasteiger partial charge in [0.05, 0.1) is 24.3 Å². The first-order valence-corrected chi connectivity index (χ1v) is 10.6. The van der Waals surface area contributed by atoms with Crippen LogP contribution in [0.3, 0.4) is 0 Å². The zero-order valence-electron chi connectivity index (χ0n) is 18.3. The molecule has 10 heteroatoms. The van der Waals surface area contributed by atoms with E-state index in [1.165, 1.54) is 6.33 Å². The number of carbonyl (C=O) groups excluding carboxylic acids is 2. The van der Waals surface area contributed by atoms with Gasteiger partial charge in [0, 0.05) is 36.5 Å². The number of nitrogens with zero attached hydrogens (tertiary/aromatic N) is 8. The lowest BCUT2D eigenvalue weighted by atomic mass is 9.97. The number of rotatable bonds is 8. The fourth-order valence-electron chi connectivity index (χ4n) is 3.74. The van der Waals surface area contributed by atoms with Gasteiger partial charge in [0.1, 0.15) is 18.3 Å². The molecule has 0 atom stereocenters. The summed E-state index contributed by atoms with van der Waals surface area (Å²) in [4.78, 5) is 34.4. The summed E-state index contributed by atoms with van der Waals surface area (Å²) in [6, 6.07) is 10.7. The lowest BCUT2D eigenvalue weighted by molar-refractivity contribution is 0.0891. The Hall–Kier alpha value is -4.73. The first-order chi connectivity index (χ1) is 16.6. The third kappa shape index (κ3) is 4.29. The first-order valence-electron chi connectivity index (χ1n) is 10.6. The van der Waals surface area contributed by atoms with E-state index in [2.05, 4.69) is 25.3 Å². The van der Waals surface area contributed by atoms with Crippen LogP contribution < -0.4 is 0 Å². The van der Waals surface area contributed by atoms with E-state index in [9.17, 15) is 9.59 Å².